The van der Waals surface area contributed by atoms with E-state index in [0.717, 1.165) is 53.9 Å². The minimum absolute atomic E-state index is 0.0344. The quantitative estimate of drug-likeness (QED) is 0.0817. The van der Waals surface area contributed by atoms with E-state index in [4.69, 9.17) is 9.84 Å². The van der Waals surface area contributed by atoms with Crippen LogP contribution in [0, 0.1) is 29.2 Å². The van der Waals surface area contributed by atoms with Crippen LogP contribution in [0.4, 0.5) is 22.4 Å². The summed E-state index contributed by atoms with van der Waals surface area (Å²) in [5.74, 6) is -8.06. The van der Waals surface area contributed by atoms with Gasteiger partial charge in [0.15, 0.2) is 11.6 Å². The topological polar surface area (TPSA) is 168 Å². The zero-order valence-corrected chi connectivity index (χ0v) is 34.6. The highest BCUT2D eigenvalue weighted by Gasteiger charge is 2.44. The van der Waals surface area contributed by atoms with Crippen molar-refractivity contribution in [2.45, 2.75) is 95.9 Å². The molecule has 11 nitrogen and oxygen atoms in total. The van der Waals surface area contributed by atoms with Crippen LogP contribution in [0.1, 0.15) is 126 Å². The van der Waals surface area contributed by atoms with E-state index in [2.05, 4.69) is 16.0 Å². The molecule has 0 radical (unpaired) electrons. The van der Waals surface area contributed by atoms with Crippen molar-refractivity contribution in [2.24, 2.45) is 5.92 Å². The van der Waals surface area contributed by atoms with Crippen LogP contribution in [-0.2, 0) is 9.53 Å². The minimum Gasteiger partial charge on any atom is -0.481 e. The van der Waals surface area contributed by atoms with Crippen molar-refractivity contribution in [3.63, 3.8) is 0 Å². The number of carbonyl (C=O) groups is 6. The van der Waals surface area contributed by atoms with Crippen LogP contribution < -0.4 is 16.0 Å². The van der Waals surface area contributed by atoms with E-state index in [-0.39, 0.29) is 17.9 Å². The van der Waals surface area contributed by atoms with Crippen LogP contribution in [0.5, 0.6) is 0 Å². The van der Waals surface area contributed by atoms with Gasteiger partial charge < -0.3 is 25.8 Å². The molecule has 4 aromatic rings. The molecule has 3 amide bonds. The zero-order valence-electron chi connectivity index (χ0n) is 34.6. The van der Waals surface area contributed by atoms with Crippen LogP contribution in [0.15, 0.2) is 84.9 Å². The average molecular weight is 846 g/mol. The summed E-state index contributed by atoms with van der Waals surface area (Å²) in [5, 5.41) is 16.6. The van der Waals surface area contributed by atoms with Crippen LogP contribution in [0.2, 0.25) is 0 Å². The molecule has 4 N–H and O–H groups in total. The molecule has 2 fully saturated rings. The Morgan fingerprint density at radius 1 is 0.574 bits per heavy atom. The number of benzene rings is 4. The Morgan fingerprint density at radius 3 is 1.30 bits per heavy atom. The third-order valence-electron chi connectivity index (χ3n) is 10.2. The van der Waals surface area contributed by atoms with E-state index in [0.29, 0.717) is 17.5 Å². The summed E-state index contributed by atoms with van der Waals surface area (Å²) in [6.45, 7) is 11.2. The average Bonchev–Trinajstić information content (AvgIpc) is 4.10. The van der Waals surface area contributed by atoms with Gasteiger partial charge in [-0.25, -0.2) is 22.4 Å². The smallest absolute Gasteiger partial charge is 0.407 e. The van der Waals surface area contributed by atoms with E-state index in [1.54, 1.807) is 69.3 Å². The number of ketones is 2. The summed E-state index contributed by atoms with van der Waals surface area (Å²) >= 11 is 0. The van der Waals surface area contributed by atoms with Gasteiger partial charge in [0.2, 0.25) is 0 Å². The molecule has 0 saturated heterocycles. The van der Waals surface area contributed by atoms with Crippen LogP contribution in [0.25, 0.3) is 0 Å². The highest BCUT2D eigenvalue weighted by Crippen LogP contribution is 2.47. The highest BCUT2D eigenvalue weighted by atomic mass is 19.1. The number of hydrogen-bond acceptors (Lipinski definition) is 7. The second-order valence-corrected chi connectivity index (χ2v) is 17.1. The molecule has 0 aromatic heterocycles. The molecule has 2 aliphatic carbocycles. The summed E-state index contributed by atoms with van der Waals surface area (Å²) in [6.07, 6.45) is 0.867. The fraction of sp³-hybridized carbons (Fsp3) is 0.348. The molecule has 2 aliphatic rings. The predicted molar refractivity (Wildman–Crippen MR) is 216 cm³/mol. The largest absolute Gasteiger partial charge is 0.481 e. The number of halogens is 4. The van der Waals surface area contributed by atoms with E-state index < -0.39 is 92.4 Å². The molecule has 15 heteroatoms. The Morgan fingerprint density at radius 2 is 0.951 bits per heavy atom. The first kappa shape index (κ1) is 45.7. The number of ether oxygens (including phenoxy) is 1. The fourth-order valence-corrected chi connectivity index (χ4v) is 6.74. The predicted octanol–water partition coefficient (Wildman–Crippen LogP) is 8.28. The van der Waals surface area contributed by atoms with Crippen molar-refractivity contribution in [1.29, 1.82) is 0 Å². The fourth-order valence-electron chi connectivity index (χ4n) is 6.74. The lowest BCUT2D eigenvalue weighted by Crippen LogP contribution is -2.50. The van der Waals surface area contributed by atoms with Crippen molar-refractivity contribution in [3.05, 3.63) is 142 Å². The number of rotatable bonds is 12. The molecule has 0 aliphatic heterocycles. The van der Waals surface area contributed by atoms with Crippen molar-refractivity contribution < 1.29 is 56.2 Å². The van der Waals surface area contributed by atoms with E-state index in [1.165, 1.54) is 27.7 Å². The molecule has 0 spiro atoms. The first-order chi connectivity index (χ1) is 28.4. The lowest BCUT2D eigenvalue weighted by molar-refractivity contribution is -0.138. The molecule has 322 valence electrons. The second kappa shape index (κ2) is 17.7. The monoisotopic (exact) mass is 845 g/mol. The molecule has 4 aromatic carbocycles. The van der Waals surface area contributed by atoms with Crippen molar-refractivity contribution in [3.8, 4) is 0 Å². The minimum atomic E-state index is -1.41. The molecule has 0 heterocycles. The van der Waals surface area contributed by atoms with Gasteiger partial charge in [0.05, 0.1) is 17.0 Å². The van der Waals surface area contributed by atoms with Crippen molar-refractivity contribution in [1.82, 2.24) is 16.0 Å². The van der Waals surface area contributed by atoms with Gasteiger partial charge in [-0.1, -0.05) is 60.7 Å². The first-order valence-electron chi connectivity index (χ1n) is 19.4. The lowest BCUT2D eigenvalue weighted by atomic mass is 9.91. The Kier molecular flexibility index (Phi) is 13.3. The first-order valence-corrected chi connectivity index (χ1v) is 19.4. The molecular weight excluding hydrogens is 799 g/mol. The number of aliphatic carboxylic acids is 1. The number of Topliss-reactive ketones (excluding diaryl/α,β-unsaturated/α-hetero) is 2. The number of carboxylic acid groups (broad SMARTS) is 1. The van der Waals surface area contributed by atoms with Gasteiger partial charge in [-0.3, -0.25) is 24.0 Å². The van der Waals surface area contributed by atoms with Gasteiger partial charge in [-0.15, -0.1) is 0 Å². The van der Waals surface area contributed by atoms with E-state index >= 15 is 0 Å². The number of nitrogens with one attached hydrogen (secondary N) is 3. The van der Waals surface area contributed by atoms with Gasteiger partial charge in [0.25, 0.3) is 11.8 Å². The molecular formula is C46H47F4N3O8. The van der Waals surface area contributed by atoms with Gasteiger partial charge >= 0.3 is 12.1 Å². The van der Waals surface area contributed by atoms with Gasteiger partial charge in [0, 0.05) is 23.1 Å². The Labute approximate surface area is 350 Å². The number of amides is 3. The second-order valence-electron chi connectivity index (χ2n) is 17.1. The van der Waals surface area contributed by atoms with E-state index in [1.807, 2.05) is 0 Å². The van der Waals surface area contributed by atoms with Crippen molar-refractivity contribution in [2.75, 3.05) is 0 Å². The number of carbonyl (C=O) groups excluding carboxylic acids is 5. The lowest BCUT2D eigenvalue weighted by Gasteiger charge is -2.25. The highest BCUT2D eigenvalue weighted by molar-refractivity contribution is 6.07. The van der Waals surface area contributed by atoms with Gasteiger partial charge in [0.1, 0.15) is 40.0 Å². The third-order valence-corrected chi connectivity index (χ3v) is 10.2. The maximum Gasteiger partial charge on any atom is 0.407 e. The number of hydrogen-bond donors (Lipinski definition) is 4. The molecule has 2 saturated carbocycles. The summed E-state index contributed by atoms with van der Waals surface area (Å²) in [6, 6.07) is 19.5. The Bertz CT molecular complexity index is 2320. The maximum absolute atomic E-state index is 13.9. The van der Waals surface area contributed by atoms with Crippen LogP contribution in [0.3, 0.4) is 0 Å². The SMILES string of the molecule is CC(C)(C)OC(=O)N[C@H]1CC1c1ccc(C(=O)C(C)(C)NC(=O)c2c(F)cccc2F)cc1.CC(C)(NC(=O)c1c(F)cccc1F)C(=O)c1ccc(C2C[C@@H]2C(=O)O)cc1. The molecule has 2 unspecified atom stereocenters. The number of carboxylic acids is 1. The molecule has 0 bridgehead atoms. The Hall–Kier alpha value is -6.38. The van der Waals surface area contributed by atoms with Crippen molar-refractivity contribution >= 4 is 35.4 Å². The number of alkyl carbamates (subject to hydrolysis) is 1. The van der Waals surface area contributed by atoms with E-state index in [9.17, 15) is 46.3 Å². The molecule has 61 heavy (non-hydrogen) atoms. The van der Waals surface area contributed by atoms with Gasteiger partial charge in [-0.2, -0.15) is 0 Å². The van der Waals surface area contributed by atoms with Crippen LogP contribution in [-0.4, -0.2) is 63.3 Å². The third kappa shape index (κ3) is 11.3. The summed E-state index contributed by atoms with van der Waals surface area (Å²) in [4.78, 5) is 73.3. The summed E-state index contributed by atoms with van der Waals surface area (Å²) < 4.78 is 60.6. The van der Waals surface area contributed by atoms with Crippen LogP contribution >= 0.6 is 0 Å². The Balaban J connectivity index is 0.000000234. The standard InChI is InChI=1S/C25H28F2N2O4.C21H19F2NO4/c1-24(2,3)33-23(32)28-19-13-16(19)14-9-11-15(12-10-14)21(30)25(4,5)29-22(31)20-17(26)7-6-8-18(20)27;1-21(2,24-19(26)17-15(22)4-3-5-16(17)23)18(25)12-8-6-11(7-9-12)13-10-14(13)20(27)28/h6-12,16,19H,13H2,1-5H3,(H,28,32)(H,29,31);3-9,13-14H,10H2,1-2H3,(H,24,26)(H,27,28)/t16?,19-;13?,14-/m00/s1. The zero-order chi connectivity index (χ0) is 45.2. The molecule has 6 rings (SSSR count). The summed E-state index contributed by atoms with van der Waals surface area (Å²) in [7, 11) is 0. The normalized spacial score (nSPS) is 18.1. The summed E-state index contributed by atoms with van der Waals surface area (Å²) in [5.41, 5.74) is -2.41. The molecule has 4 atom stereocenters. The maximum atomic E-state index is 13.9. The van der Waals surface area contributed by atoms with Gasteiger partial charge in [-0.05, 0) is 103 Å².